The van der Waals surface area contributed by atoms with E-state index in [1.54, 1.807) is 54.6 Å². The summed E-state index contributed by atoms with van der Waals surface area (Å²) >= 11 is 1.48. The topological polar surface area (TPSA) is 74.8 Å². The maximum absolute atomic E-state index is 13.8. The van der Waals surface area contributed by atoms with Crippen molar-refractivity contribution in [1.29, 1.82) is 0 Å². The average molecular weight is 555 g/mol. The molecule has 0 atom stereocenters. The van der Waals surface area contributed by atoms with Gasteiger partial charge in [-0.05, 0) is 66.1 Å². The maximum Gasteiger partial charge on any atom is 0.266 e. The molecular weight excluding hydrogens is 532 g/mol. The molecule has 0 spiro atoms. The molecule has 0 aromatic heterocycles. The quantitative estimate of drug-likeness (QED) is 0.145. The number of nitrogens with zero attached hydrogens (tertiary/aromatic N) is 2. The first-order valence-corrected chi connectivity index (χ1v) is 14.2. The van der Waals surface area contributed by atoms with Crippen LogP contribution in [-0.4, -0.2) is 29.4 Å². The first-order valence-electron chi connectivity index (χ1n) is 13.2. The Labute approximate surface area is 240 Å². The van der Waals surface area contributed by atoms with E-state index >= 15 is 0 Å². The monoisotopic (exact) mass is 554 g/mol. The third-order valence-corrected chi connectivity index (χ3v) is 8.65. The summed E-state index contributed by atoms with van der Waals surface area (Å²) in [7, 11) is 0. The van der Waals surface area contributed by atoms with Crippen molar-refractivity contribution in [2.24, 2.45) is 0 Å². The van der Waals surface area contributed by atoms with Crippen LogP contribution in [0.5, 0.6) is 0 Å². The highest BCUT2D eigenvalue weighted by atomic mass is 32.2. The van der Waals surface area contributed by atoms with Crippen molar-refractivity contribution in [3.63, 3.8) is 0 Å². The van der Waals surface area contributed by atoms with Crippen molar-refractivity contribution in [3.8, 4) is 0 Å². The fourth-order valence-corrected chi connectivity index (χ4v) is 6.50. The predicted molar refractivity (Wildman–Crippen MR) is 162 cm³/mol. The number of allylic oxidation sites excluding steroid dienone is 4. The number of thioether (sulfide) groups is 1. The first kappa shape index (κ1) is 25.0. The average Bonchev–Trinajstić information content (AvgIpc) is 3.54. The molecule has 1 aliphatic carbocycles. The lowest BCUT2D eigenvalue weighted by molar-refractivity contribution is 0.0872. The summed E-state index contributed by atoms with van der Waals surface area (Å²) in [6.45, 7) is 3.76. The Morgan fingerprint density at radius 2 is 1.27 bits per heavy atom. The number of anilines is 2. The van der Waals surface area contributed by atoms with E-state index in [4.69, 9.17) is 0 Å². The molecule has 0 saturated heterocycles. The van der Waals surface area contributed by atoms with Crippen LogP contribution < -0.4 is 9.80 Å². The summed E-state index contributed by atoms with van der Waals surface area (Å²) < 4.78 is 0. The zero-order valence-electron chi connectivity index (χ0n) is 21.8. The second-order valence-corrected chi connectivity index (χ2v) is 10.9. The number of amides is 4. The molecule has 0 fully saturated rings. The van der Waals surface area contributed by atoms with Gasteiger partial charge < -0.3 is 0 Å². The van der Waals surface area contributed by atoms with Crippen molar-refractivity contribution >= 4 is 63.1 Å². The van der Waals surface area contributed by atoms with Gasteiger partial charge in [-0.1, -0.05) is 48.6 Å². The molecule has 4 amide bonds. The molecule has 4 aromatic carbocycles. The summed E-state index contributed by atoms with van der Waals surface area (Å²) in [5.41, 5.74) is 4.16. The van der Waals surface area contributed by atoms with E-state index in [1.165, 1.54) is 16.7 Å². The number of hydrogen-bond donors (Lipinski definition) is 0. The second-order valence-electron chi connectivity index (χ2n) is 9.87. The van der Waals surface area contributed by atoms with E-state index in [1.807, 2.05) is 30.3 Å². The van der Waals surface area contributed by atoms with Gasteiger partial charge in [0.2, 0.25) is 0 Å². The molecule has 0 unspecified atom stereocenters. The molecule has 2 heterocycles. The zero-order chi connectivity index (χ0) is 28.2. The Balaban J connectivity index is 1.32. The molecule has 198 valence electrons. The summed E-state index contributed by atoms with van der Waals surface area (Å²) in [6.07, 6.45) is 8.88. The lowest BCUT2D eigenvalue weighted by Gasteiger charge is -2.32. The van der Waals surface area contributed by atoms with Crippen LogP contribution in [0.15, 0.2) is 109 Å². The smallest absolute Gasteiger partial charge is 0.266 e. The van der Waals surface area contributed by atoms with Gasteiger partial charge in [0, 0.05) is 43.7 Å². The highest BCUT2D eigenvalue weighted by Gasteiger charge is 2.41. The number of hydrogen-bond acceptors (Lipinski definition) is 5. The SMILES string of the molecule is C=CCSc1ccccc1N1C(=O)c2ccc3c4c(ccc(c24)C1=O)C(=O)N(c1ccc(C2=CCC=C2)cc1)C3=O. The summed E-state index contributed by atoms with van der Waals surface area (Å²) in [5, 5.41) is 0.693. The third-order valence-electron chi connectivity index (χ3n) is 7.59. The van der Waals surface area contributed by atoms with E-state index in [0.717, 1.165) is 27.4 Å². The molecule has 0 bridgehead atoms. The van der Waals surface area contributed by atoms with Crippen molar-refractivity contribution in [1.82, 2.24) is 0 Å². The van der Waals surface area contributed by atoms with Crippen LogP contribution >= 0.6 is 11.8 Å². The fourth-order valence-electron chi connectivity index (χ4n) is 5.72. The van der Waals surface area contributed by atoms with Crippen LogP contribution in [0.4, 0.5) is 11.4 Å². The van der Waals surface area contributed by atoms with Gasteiger partial charge in [0.25, 0.3) is 23.6 Å². The Kier molecular flexibility index (Phi) is 5.83. The van der Waals surface area contributed by atoms with Crippen LogP contribution in [0.1, 0.15) is 53.4 Å². The van der Waals surface area contributed by atoms with E-state index < -0.39 is 23.6 Å². The van der Waals surface area contributed by atoms with Crippen LogP contribution in [0.2, 0.25) is 0 Å². The Bertz CT molecular complexity index is 1850. The predicted octanol–water partition coefficient (Wildman–Crippen LogP) is 7.06. The molecule has 4 aromatic rings. The van der Waals surface area contributed by atoms with Gasteiger partial charge in [-0.2, -0.15) is 0 Å². The number of carbonyl (C=O) groups excluding carboxylic acids is 4. The molecule has 41 heavy (non-hydrogen) atoms. The lowest BCUT2D eigenvalue weighted by Crippen LogP contribution is -2.43. The Morgan fingerprint density at radius 3 is 1.80 bits per heavy atom. The molecule has 0 saturated carbocycles. The second kappa shape index (κ2) is 9.57. The number of para-hydroxylation sites is 1. The standard InChI is InChI=1S/C34H22N2O4S/c1-2-19-41-28-10-6-5-9-27(28)36-33(39)25-17-15-23-29-24(16-18-26(30(25)29)34(36)40)32(38)35(31(23)37)22-13-11-21(12-14-22)20-7-3-4-8-20/h2-3,5-18H,1,4,19H2. The number of carbonyl (C=O) groups is 4. The van der Waals surface area contributed by atoms with E-state index in [-0.39, 0.29) is 22.3 Å². The minimum Gasteiger partial charge on any atom is -0.268 e. The normalized spacial score (nSPS) is 15.7. The highest BCUT2D eigenvalue weighted by molar-refractivity contribution is 7.99. The minimum absolute atomic E-state index is 0.278. The largest absolute Gasteiger partial charge is 0.268 e. The van der Waals surface area contributed by atoms with Gasteiger partial charge in [0.1, 0.15) is 0 Å². The van der Waals surface area contributed by atoms with Crippen molar-refractivity contribution in [3.05, 3.63) is 131 Å². The maximum atomic E-state index is 13.8. The van der Waals surface area contributed by atoms with Crippen molar-refractivity contribution < 1.29 is 19.2 Å². The third kappa shape index (κ3) is 3.73. The molecule has 0 radical (unpaired) electrons. The van der Waals surface area contributed by atoms with Crippen LogP contribution in [0, 0.1) is 0 Å². The zero-order valence-corrected chi connectivity index (χ0v) is 22.6. The van der Waals surface area contributed by atoms with Gasteiger partial charge in [-0.3, -0.25) is 19.2 Å². The summed E-state index contributed by atoms with van der Waals surface area (Å²) in [6, 6.07) is 20.9. The van der Waals surface area contributed by atoms with Crippen molar-refractivity contribution in [2.45, 2.75) is 11.3 Å². The molecule has 6 nitrogen and oxygen atoms in total. The summed E-state index contributed by atoms with van der Waals surface area (Å²) in [5.74, 6) is -1.36. The van der Waals surface area contributed by atoms with Crippen LogP contribution in [0.25, 0.3) is 16.3 Å². The molecule has 2 aliphatic heterocycles. The van der Waals surface area contributed by atoms with E-state index in [9.17, 15) is 19.2 Å². The van der Waals surface area contributed by atoms with Crippen LogP contribution in [-0.2, 0) is 0 Å². The van der Waals surface area contributed by atoms with Gasteiger partial charge in [0.15, 0.2) is 0 Å². The lowest BCUT2D eigenvalue weighted by atomic mass is 9.85. The molecule has 0 N–H and O–H groups in total. The first-order chi connectivity index (χ1) is 20.0. The molecular formula is C34H22N2O4S. The van der Waals surface area contributed by atoms with Gasteiger partial charge >= 0.3 is 0 Å². The molecule has 7 rings (SSSR count). The van der Waals surface area contributed by atoms with Gasteiger partial charge in [-0.25, -0.2) is 9.80 Å². The van der Waals surface area contributed by atoms with Crippen molar-refractivity contribution in [2.75, 3.05) is 15.6 Å². The van der Waals surface area contributed by atoms with Gasteiger partial charge in [0.05, 0.1) is 11.4 Å². The Morgan fingerprint density at radius 1 is 0.707 bits per heavy atom. The summed E-state index contributed by atoms with van der Waals surface area (Å²) in [4.78, 5) is 58.3. The van der Waals surface area contributed by atoms with Gasteiger partial charge in [-0.15, -0.1) is 18.3 Å². The fraction of sp³-hybridized carbons (Fsp3) is 0.0588. The molecule has 3 aliphatic rings. The van der Waals surface area contributed by atoms with E-state index in [0.29, 0.717) is 27.9 Å². The van der Waals surface area contributed by atoms with Crippen LogP contribution in [0.3, 0.4) is 0 Å². The number of rotatable bonds is 6. The minimum atomic E-state index is -0.494. The molecule has 7 heteroatoms. The number of imide groups is 2. The highest BCUT2D eigenvalue weighted by Crippen LogP contribution is 2.41. The number of benzene rings is 4. The van der Waals surface area contributed by atoms with E-state index in [2.05, 4.69) is 18.7 Å². The Hall–Kier alpha value is -5.01.